The highest BCUT2D eigenvalue weighted by Crippen LogP contribution is 2.28. The van der Waals surface area contributed by atoms with Crippen molar-refractivity contribution in [2.75, 3.05) is 25.4 Å². The van der Waals surface area contributed by atoms with E-state index < -0.39 is 0 Å². The number of thioether (sulfide) groups is 1. The molecule has 2 aromatic carbocycles. The van der Waals surface area contributed by atoms with Gasteiger partial charge in [0.2, 0.25) is 11.8 Å². The Bertz CT molecular complexity index is 1060. The fraction of sp³-hybridized carbons (Fsp3) is 0.348. The van der Waals surface area contributed by atoms with Crippen molar-refractivity contribution in [2.24, 2.45) is 0 Å². The van der Waals surface area contributed by atoms with E-state index in [4.69, 9.17) is 4.98 Å². The third-order valence-corrected chi connectivity index (χ3v) is 6.16. The maximum atomic E-state index is 12.3. The van der Waals surface area contributed by atoms with E-state index in [1.54, 1.807) is 0 Å². The van der Waals surface area contributed by atoms with Crippen LogP contribution in [0.2, 0.25) is 0 Å². The SMILES string of the molecule is Cc1cccc(-n2c(SCC(=O)NCCCN3CCCC3=O)nc3ccccc32)c1. The van der Waals surface area contributed by atoms with E-state index in [1.807, 2.05) is 29.2 Å². The molecule has 0 radical (unpaired) electrons. The van der Waals surface area contributed by atoms with Crippen molar-refractivity contribution in [2.45, 2.75) is 31.3 Å². The molecule has 3 aromatic rings. The maximum Gasteiger partial charge on any atom is 0.230 e. The summed E-state index contributed by atoms with van der Waals surface area (Å²) in [7, 11) is 0. The number of hydrogen-bond donors (Lipinski definition) is 1. The van der Waals surface area contributed by atoms with Gasteiger partial charge in [-0.25, -0.2) is 4.98 Å². The summed E-state index contributed by atoms with van der Waals surface area (Å²) in [6.07, 6.45) is 2.39. The van der Waals surface area contributed by atoms with Gasteiger partial charge in [-0.2, -0.15) is 0 Å². The van der Waals surface area contributed by atoms with Gasteiger partial charge in [0, 0.05) is 31.7 Å². The Morgan fingerprint density at radius 3 is 2.87 bits per heavy atom. The number of likely N-dealkylation sites (tertiary alicyclic amines) is 1. The van der Waals surface area contributed by atoms with Gasteiger partial charge in [-0.1, -0.05) is 36.0 Å². The minimum Gasteiger partial charge on any atom is -0.355 e. The van der Waals surface area contributed by atoms with Gasteiger partial charge in [-0.15, -0.1) is 0 Å². The Kier molecular flexibility index (Phi) is 6.38. The molecule has 1 aliphatic rings. The van der Waals surface area contributed by atoms with Crippen molar-refractivity contribution in [1.82, 2.24) is 19.8 Å². The van der Waals surface area contributed by atoms with Gasteiger partial charge < -0.3 is 10.2 Å². The molecule has 1 fully saturated rings. The van der Waals surface area contributed by atoms with Crippen LogP contribution in [0, 0.1) is 6.92 Å². The summed E-state index contributed by atoms with van der Waals surface area (Å²) in [5.74, 6) is 0.514. The molecule has 0 bridgehead atoms. The number of nitrogens with one attached hydrogen (secondary N) is 1. The average molecular weight is 423 g/mol. The summed E-state index contributed by atoms with van der Waals surface area (Å²) >= 11 is 1.44. The van der Waals surface area contributed by atoms with E-state index in [2.05, 4.69) is 41.1 Å². The molecule has 156 valence electrons. The van der Waals surface area contributed by atoms with E-state index in [0.717, 1.165) is 47.8 Å². The second-order valence-electron chi connectivity index (χ2n) is 7.53. The van der Waals surface area contributed by atoms with E-state index in [1.165, 1.54) is 17.3 Å². The molecule has 4 rings (SSSR count). The quantitative estimate of drug-likeness (QED) is 0.445. The lowest BCUT2D eigenvalue weighted by Crippen LogP contribution is -2.31. The number of carbonyl (C=O) groups excluding carboxylic acids is 2. The molecular weight excluding hydrogens is 396 g/mol. The predicted octanol–water partition coefficient (Wildman–Crippen LogP) is 3.55. The highest BCUT2D eigenvalue weighted by atomic mass is 32.2. The fourth-order valence-corrected chi connectivity index (χ4v) is 4.59. The van der Waals surface area contributed by atoms with Gasteiger partial charge >= 0.3 is 0 Å². The molecule has 1 aromatic heterocycles. The highest BCUT2D eigenvalue weighted by molar-refractivity contribution is 7.99. The second-order valence-corrected chi connectivity index (χ2v) is 8.48. The van der Waals surface area contributed by atoms with Crippen LogP contribution in [0.5, 0.6) is 0 Å². The first-order valence-electron chi connectivity index (χ1n) is 10.3. The summed E-state index contributed by atoms with van der Waals surface area (Å²) in [6.45, 7) is 4.21. The summed E-state index contributed by atoms with van der Waals surface area (Å²) in [4.78, 5) is 30.6. The Hall–Kier alpha value is -2.80. The summed E-state index contributed by atoms with van der Waals surface area (Å²) in [5, 5.41) is 3.76. The molecule has 0 saturated carbocycles. The molecule has 30 heavy (non-hydrogen) atoms. The molecule has 0 spiro atoms. The zero-order chi connectivity index (χ0) is 20.9. The topological polar surface area (TPSA) is 67.2 Å². The number of aryl methyl sites for hydroxylation is 1. The standard InChI is InChI=1S/C23H26N4O2S/c1-17-7-4-8-18(15-17)27-20-10-3-2-9-19(20)25-23(27)30-16-21(28)24-12-6-14-26-13-5-11-22(26)29/h2-4,7-10,15H,5-6,11-14,16H2,1H3,(H,24,28). The molecule has 1 N–H and O–H groups in total. The molecular formula is C23H26N4O2S. The fourth-order valence-electron chi connectivity index (χ4n) is 3.74. The molecule has 1 saturated heterocycles. The number of aromatic nitrogens is 2. The number of hydrogen-bond acceptors (Lipinski definition) is 4. The first kappa shape index (κ1) is 20.5. The minimum absolute atomic E-state index is 0.0180. The highest BCUT2D eigenvalue weighted by Gasteiger charge is 2.19. The Morgan fingerprint density at radius 1 is 1.20 bits per heavy atom. The first-order chi connectivity index (χ1) is 14.6. The van der Waals surface area contributed by atoms with Crippen LogP contribution in [0.4, 0.5) is 0 Å². The van der Waals surface area contributed by atoms with Crippen LogP contribution < -0.4 is 5.32 Å². The molecule has 2 heterocycles. The van der Waals surface area contributed by atoms with Crippen LogP contribution in [0.3, 0.4) is 0 Å². The third-order valence-electron chi connectivity index (χ3n) is 5.22. The van der Waals surface area contributed by atoms with Crippen molar-refractivity contribution < 1.29 is 9.59 Å². The number of benzene rings is 2. The number of carbonyl (C=O) groups is 2. The lowest BCUT2D eigenvalue weighted by Gasteiger charge is -2.15. The predicted molar refractivity (Wildman–Crippen MR) is 120 cm³/mol. The van der Waals surface area contributed by atoms with Crippen LogP contribution >= 0.6 is 11.8 Å². The Balaban J connectivity index is 1.38. The van der Waals surface area contributed by atoms with E-state index in [0.29, 0.717) is 18.7 Å². The van der Waals surface area contributed by atoms with Gasteiger partial charge in [0.25, 0.3) is 0 Å². The first-order valence-corrected chi connectivity index (χ1v) is 11.3. The lowest BCUT2D eigenvalue weighted by atomic mass is 10.2. The van der Waals surface area contributed by atoms with Crippen molar-refractivity contribution >= 4 is 34.6 Å². The molecule has 0 atom stereocenters. The van der Waals surface area contributed by atoms with Crippen LogP contribution in [0.1, 0.15) is 24.8 Å². The van der Waals surface area contributed by atoms with Crippen molar-refractivity contribution in [3.63, 3.8) is 0 Å². The van der Waals surface area contributed by atoms with Gasteiger partial charge in [-0.05, 0) is 49.6 Å². The van der Waals surface area contributed by atoms with Gasteiger partial charge in [0.15, 0.2) is 5.16 Å². The van der Waals surface area contributed by atoms with Crippen LogP contribution in [-0.4, -0.2) is 51.7 Å². The maximum absolute atomic E-state index is 12.3. The van der Waals surface area contributed by atoms with Crippen molar-refractivity contribution in [3.05, 3.63) is 54.1 Å². The summed E-state index contributed by atoms with van der Waals surface area (Å²) in [6, 6.07) is 16.3. The monoisotopic (exact) mass is 422 g/mol. The number of amides is 2. The number of imidazole rings is 1. The Labute approximate surface area is 180 Å². The number of fused-ring (bicyclic) bond motifs is 1. The van der Waals surface area contributed by atoms with Gasteiger partial charge in [0.1, 0.15) is 0 Å². The van der Waals surface area contributed by atoms with Crippen molar-refractivity contribution in [3.8, 4) is 5.69 Å². The smallest absolute Gasteiger partial charge is 0.230 e. The largest absolute Gasteiger partial charge is 0.355 e. The van der Waals surface area contributed by atoms with Gasteiger partial charge in [-0.3, -0.25) is 14.2 Å². The zero-order valence-electron chi connectivity index (χ0n) is 17.1. The summed E-state index contributed by atoms with van der Waals surface area (Å²) in [5.41, 5.74) is 4.16. The molecule has 1 aliphatic heterocycles. The van der Waals surface area contributed by atoms with Crippen LogP contribution in [0.15, 0.2) is 53.7 Å². The zero-order valence-corrected chi connectivity index (χ0v) is 18.0. The molecule has 7 heteroatoms. The summed E-state index contributed by atoms with van der Waals surface area (Å²) < 4.78 is 2.11. The average Bonchev–Trinajstić information content (AvgIpc) is 3.32. The van der Waals surface area contributed by atoms with Gasteiger partial charge in [0.05, 0.1) is 16.8 Å². The van der Waals surface area contributed by atoms with E-state index in [-0.39, 0.29) is 11.8 Å². The normalized spacial score (nSPS) is 13.9. The van der Waals surface area contributed by atoms with E-state index in [9.17, 15) is 9.59 Å². The molecule has 0 unspecified atom stereocenters. The van der Waals surface area contributed by atoms with E-state index >= 15 is 0 Å². The Morgan fingerprint density at radius 2 is 2.07 bits per heavy atom. The van der Waals surface area contributed by atoms with Crippen molar-refractivity contribution in [1.29, 1.82) is 0 Å². The van der Waals surface area contributed by atoms with Crippen LogP contribution in [-0.2, 0) is 9.59 Å². The van der Waals surface area contributed by atoms with Crippen LogP contribution in [0.25, 0.3) is 16.7 Å². The molecule has 6 nitrogen and oxygen atoms in total. The minimum atomic E-state index is -0.0180. The third kappa shape index (κ3) is 4.67. The second kappa shape index (κ2) is 9.34. The lowest BCUT2D eigenvalue weighted by molar-refractivity contribution is -0.127. The molecule has 0 aliphatic carbocycles. The molecule has 2 amide bonds. The number of rotatable bonds is 8. The number of para-hydroxylation sites is 2. The number of nitrogens with zero attached hydrogens (tertiary/aromatic N) is 3.